The molecule has 0 bridgehead atoms. The lowest BCUT2D eigenvalue weighted by Crippen LogP contribution is -2.25. The molecule has 0 saturated heterocycles. The molecule has 1 aliphatic rings. The van der Waals surface area contributed by atoms with Crippen LogP contribution in [0.25, 0.3) is 0 Å². The highest BCUT2D eigenvalue weighted by molar-refractivity contribution is 5.03. The van der Waals surface area contributed by atoms with Gasteiger partial charge in [-0.15, -0.1) is 0 Å². The van der Waals surface area contributed by atoms with Gasteiger partial charge in [0.2, 0.25) is 0 Å². The molecule has 1 aliphatic carbocycles. The standard InChI is InChI=1S/C12H21N3O/c1-10(6-11-2-3-11)13-7-12-8-14-15(9-12)4-5-16/h8-11,13,16H,2-7H2,1H3. The van der Waals surface area contributed by atoms with Crippen molar-refractivity contribution in [1.29, 1.82) is 0 Å². The molecule has 1 fully saturated rings. The number of nitrogens with one attached hydrogen (secondary N) is 1. The van der Waals surface area contributed by atoms with Crippen LogP contribution >= 0.6 is 0 Å². The Bertz CT molecular complexity index is 320. The van der Waals surface area contributed by atoms with E-state index in [0.29, 0.717) is 12.6 Å². The first-order chi connectivity index (χ1) is 7.78. The summed E-state index contributed by atoms with van der Waals surface area (Å²) in [4.78, 5) is 0. The molecule has 1 aromatic heterocycles. The van der Waals surface area contributed by atoms with Crippen molar-refractivity contribution in [2.45, 2.75) is 45.3 Å². The summed E-state index contributed by atoms with van der Waals surface area (Å²) in [5, 5.41) is 16.5. The van der Waals surface area contributed by atoms with E-state index in [1.807, 2.05) is 12.4 Å². The number of aliphatic hydroxyl groups is 1. The Morgan fingerprint density at radius 2 is 2.44 bits per heavy atom. The van der Waals surface area contributed by atoms with E-state index < -0.39 is 0 Å². The summed E-state index contributed by atoms with van der Waals surface area (Å²) in [5.74, 6) is 0.972. The van der Waals surface area contributed by atoms with Crippen molar-refractivity contribution in [3.8, 4) is 0 Å². The zero-order valence-electron chi connectivity index (χ0n) is 9.89. The lowest BCUT2D eigenvalue weighted by molar-refractivity contribution is 0.269. The first kappa shape index (κ1) is 11.6. The normalized spacial score (nSPS) is 17.6. The summed E-state index contributed by atoms with van der Waals surface area (Å²) < 4.78 is 1.78. The maximum absolute atomic E-state index is 8.78. The van der Waals surface area contributed by atoms with E-state index in [1.165, 1.54) is 24.8 Å². The van der Waals surface area contributed by atoms with Crippen LogP contribution in [0.5, 0.6) is 0 Å². The second kappa shape index (κ2) is 5.46. The van der Waals surface area contributed by atoms with Crippen molar-refractivity contribution in [3.05, 3.63) is 18.0 Å². The van der Waals surface area contributed by atoms with Gasteiger partial charge in [-0.05, 0) is 19.3 Å². The highest BCUT2D eigenvalue weighted by Crippen LogP contribution is 2.33. The van der Waals surface area contributed by atoms with Gasteiger partial charge in [-0.25, -0.2) is 0 Å². The van der Waals surface area contributed by atoms with E-state index in [1.54, 1.807) is 4.68 Å². The summed E-state index contributed by atoms with van der Waals surface area (Å²) >= 11 is 0. The Morgan fingerprint density at radius 3 is 3.12 bits per heavy atom. The fourth-order valence-corrected chi connectivity index (χ4v) is 1.95. The van der Waals surface area contributed by atoms with Gasteiger partial charge in [0.05, 0.1) is 19.3 Å². The molecular weight excluding hydrogens is 202 g/mol. The van der Waals surface area contributed by atoms with Crippen molar-refractivity contribution in [3.63, 3.8) is 0 Å². The van der Waals surface area contributed by atoms with Gasteiger partial charge in [-0.2, -0.15) is 5.10 Å². The topological polar surface area (TPSA) is 50.1 Å². The summed E-state index contributed by atoms with van der Waals surface area (Å²) in [6.45, 7) is 3.85. The first-order valence-electron chi connectivity index (χ1n) is 6.13. The highest BCUT2D eigenvalue weighted by Gasteiger charge is 2.23. The van der Waals surface area contributed by atoms with Gasteiger partial charge in [0.1, 0.15) is 0 Å². The Hall–Kier alpha value is -0.870. The average Bonchev–Trinajstić information content (AvgIpc) is 2.95. The average molecular weight is 223 g/mol. The number of hydrogen-bond acceptors (Lipinski definition) is 3. The van der Waals surface area contributed by atoms with E-state index in [-0.39, 0.29) is 6.61 Å². The minimum absolute atomic E-state index is 0.145. The molecule has 0 aliphatic heterocycles. The monoisotopic (exact) mass is 223 g/mol. The molecule has 0 spiro atoms. The quantitative estimate of drug-likeness (QED) is 0.729. The van der Waals surface area contributed by atoms with Gasteiger partial charge in [0, 0.05) is 24.3 Å². The second-order valence-electron chi connectivity index (χ2n) is 4.80. The van der Waals surface area contributed by atoms with Crippen LogP contribution < -0.4 is 5.32 Å². The third kappa shape index (κ3) is 3.61. The molecule has 90 valence electrons. The predicted octanol–water partition coefficient (Wildman–Crippen LogP) is 1.15. The summed E-state index contributed by atoms with van der Waals surface area (Å²) in [7, 11) is 0. The molecule has 4 heteroatoms. The maximum Gasteiger partial charge on any atom is 0.0640 e. The Labute approximate surface area is 96.7 Å². The molecule has 0 radical (unpaired) electrons. The van der Waals surface area contributed by atoms with Crippen LogP contribution in [-0.2, 0) is 13.1 Å². The van der Waals surface area contributed by atoms with Gasteiger partial charge in [0.25, 0.3) is 0 Å². The van der Waals surface area contributed by atoms with Gasteiger partial charge in [0.15, 0.2) is 0 Å². The lowest BCUT2D eigenvalue weighted by atomic mass is 10.1. The zero-order chi connectivity index (χ0) is 11.4. The van der Waals surface area contributed by atoms with E-state index in [0.717, 1.165) is 12.5 Å². The third-order valence-electron chi connectivity index (χ3n) is 3.05. The fourth-order valence-electron chi connectivity index (χ4n) is 1.95. The maximum atomic E-state index is 8.78. The summed E-state index contributed by atoms with van der Waals surface area (Å²) in [6, 6.07) is 0.591. The fraction of sp³-hybridized carbons (Fsp3) is 0.750. The zero-order valence-corrected chi connectivity index (χ0v) is 9.89. The highest BCUT2D eigenvalue weighted by atomic mass is 16.3. The molecule has 1 atom stereocenters. The lowest BCUT2D eigenvalue weighted by Gasteiger charge is -2.11. The molecule has 4 nitrogen and oxygen atoms in total. The molecule has 1 unspecified atom stereocenters. The molecule has 16 heavy (non-hydrogen) atoms. The van der Waals surface area contributed by atoms with E-state index in [9.17, 15) is 0 Å². The number of aromatic nitrogens is 2. The SMILES string of the molecule is CC(CC1CC1)NCc1cnn(CCO)c1. The number of nitrogens with zero attached hydrogens (tertiary/aromatic N) is 2. The first-order valence-corrected chi connectivity index (χ1v) is 6.13. The second-order valence-corrected chi connectivity index (χ2v) is 4.80. The van der Waals surface area contributed by atoms with Crippen LogP contribution in [0.4, 0.5) is 0 Å². The van der Waals surface area contributed by atoms with Crippen molar-refractivity contribution in [2.75, 3.05) is 6.61 Å². The van der Waals surface area contributed by atoms with Gasteiger partial charge >= 0.3 is 0 Å². The summed E-state index contributed by atoms with van der Waals surface area (Å²) in [5.41, 5.74) is 1.19. The van der Waals surface area contributed by atoms with E-state index in [2.05, 4.69) is 17.3 Å². The van der Waals surface area contributed by atoms with Crippen molar-refractivity contribution < 1.29 is 5.11 Å². The van der Waals surface area contributed by atoms with Crippen LogP contribution in [0.2, 0.25) is 0 Å². The molecule has 1 heterocycles. The van der Waals surface area contributed by atoms with Gasteiger partial charge in [-0.3, -0.25) is 4.68 Å². The smallest absolute Gasteiger partial charge is 0.0640 e. The Morgan fingerprint density at radius 1 is 1.62 bits per heavy atom. The van der Waals surface area contributed by atoms with Crippen LogP contribution in [0, 0.1) is 5.92 Å². The predicted molar refractivity (Wildman–Crippen MR) is 63.0 cm³/mol. The van der Waals surface area contributed by atoms with E-state index in [4.69, 9.17) is 5.11 Å². The van der Waals surface area contributed by atoms with Crippen LogP contribution in [0.3, 0.4) is 0 Å². The van der Waals surface area contributed by atoms with Gasteiger partial charge < -0.3 is 10.4 Å². The van der Waals surface area contributed by atoms with Crippen molar-refractivity contribution >= 4 is 0 Å². The molecule has 0 amide bonds. The minimum Gasteiger partial charge on any atom is -0.394 e. The number of rotatable bonds is 7. The van der Waals surface area contributed by atoms with Crippen LogP contribution in [0.1, 0.15) is 31.7 Å². The number of aliphatic hydroxyl groups excluding tert-OH is 1. The Kier molecular flexibility index (Phi) is 3.96. The largest absolute Gasteiger partial charge is 0.394 e. The van der Waals surface area contributed by atoms with Crippen LogP contribution in [0.15, 0.2) is 12.4 Å². The van der Waals surface area contributed by atoms with E-state index >= 15 is 0 Å². The third-order valence-corrected chi connectivity index (χ3v) is 3.05. The molecule has 2 N–H and O–H groups in total. The molecular formula is C12H21N3O. The van der Waals surface area contributed by atoms with Crippen molar-refractivity contribution in [1.82, 2.24) is 15.1 Å². The minimum atomic E-state index is 0.145. The number of hydrogen-bond donors (Lipinski definition) is 2. The van der Waals surface area contributed by atoms with Gasteiger partial charge in [-0.1, -0.05) is 12.8 Å². The summed E-state index contributed by atoms with van der Waals surface area (Å²) in [6.07, 6.45) is 7.99. The van der Waals surface area contributed by atoms with Crippen LogP contribution in [-0.4, -0.2) is 27.5 Å². The molecule has 0 aromatic carbocycles. The molecule has 1 aromatic rings. The Balaban J connectivity index is 1.70. The molecule has 2 rings (SSSR count). The van der Waals surface area contributed by atoms with Crippen molar-refractivity contribution in [2.24, 2.45) is 5.92 Å². The molecule has 1 saturated carbocycles.